The molecule has 0 radical (unpaired) electrons. The van der Waals surface area contributed by atoms with Crippen molar-refractivity contribution in [3.05, 3.63) is 59.8 Å². The number of nitrogens with zero attached hydrogens (tertiary/aromatic N) is 5. The van der Waals surface area contributed by atoms with Crippen LogP contribution in [-0.2, 0) is 37.6 Å². The molecule has 0 saturated heterocycles. The minimum atomic E-state index is -4.53. The van der Waals surface area contributed by atoms with Gasteiger partial charge in [-0.15, -0.1) is 0 Å². The van der Waals surface area contributed by atoms with Gasteiger partial charge < -0.3 is 4.90 Å². The molecule has 0 bridgehead atoms. The Hall–Kier alpha value is -2.25. The number of rotatable bonds is 6. The van der Waals surface area contributed by atoms with Gasteiger partial charge >= 0.3 is 39.0 Å². The van der Waals surface area contributed by atoms with Crippen molar-refractivity contribution in [2.24, 2.45) is 24.3 Å². The predicted molar refractivity (Wildman–Crippen MR) is 122 cm³/mol. The van der Waals surface area contributed by atoms with E-state index in [0.717, 1.165) is 46.3 Å². The van der Waals surface area contributed by atoms with Crippen molar-refractivity contribution in [2.75, 3.05) is 18.0 Å². The average Bonchev–Trinajstić information content (AvgIpc) is 3.06. The van der Waals surface area contributed by atoms with Gasteiger partial charge in [-0.1, -0.05) is 30.3 Å². The van der Waals surface area contributed by atoms with Gasteiger partial charge in [0.15, 0.2) is 5.69 Å². The summed E-state index contributed by atoms with van der Waals surface area (Å²) in [5.41, 5.74) is 2.30. The van der Waals surface area contributed by atoms with Gasteiger partial charge in [-0.3, -0.25) is 0 Å². The van der Waals surface area contributed by atoms with Crippen LogP contribution in [0.1, 0.15) is 25.1 Å². The minimum absolute atomic E-state index is 0.0132. The van der Waals surface area contributed by atoms with Crippen LogP contribution < -0.4 is 9.58 Å². The van der Waals surface area contributed by atoms with Crippen LogP contribution in [0, 0.1) is 6.92 Å². The van der Waals surface area contributed by atoms with Crippen LogP contribution in [0.2, 0.25) is 0 Å². The van der Waals surface area contributed by atoms with Gasteiger partial charge in [0.05, 0.1) is 5.11 Å². The fraction of sp³-hybridized carbons (Fsp3) is 0.348. The third-order valence-electron chi connectivity index (χ3n) is 5.43. The number of aromatic nitrogens is 2. The Morgan fingerprint density at radius 3 is 2.15 bits per heavy atom. The summed E-state index contributed by atoms with van der Waals surface area (Å²) in [6.07, 6.45) is -4.53. The molecule has 3 rings (SSSR count). The predicted octanol–water partition coefficient (Wildman–Crippen LogP) is 6.79. The van der Waals surface area contributed by atoms with Crippen molar-refractivity contribution < 1.29 is 35.2 Å². The first kappa shape index (κ1) is 27.0. The van der Waals surface area contributed by atoms with Crippen molar-refractivity contribution in [3.8, 4) is 11.1 Å². The van der Waals surface area contributed by atoms with Gasteiger partial charge in [0.2, 0.25) is 0 Å². The molecule has 0 N–H and O–H groups in total. The second-order valence-electron chi connectivity index (χ2n) is 7.30. The summed E-state index contributed by atoms with van der Waals surface area (Å²) in [6, 6.07) is 14.3. The Balaban J connectivity index is 0.00000187. The first-order chi connectivity index (χ1) is 15.7. The van der Waals surface area contributed by atoms with Crippen LogP contribution in [0.3, 0.4) is 0 Å². The summed E-state index contributed by atoms with van der Waals surface area (Å²) in [5, 5.41) is 8.59. The fourth-order valence-electron chi connectivity index (χ4n) is 3.67. The van der Waals surface area contributed by atoms with Crippen LogP contribution in [0.15, 0.2) is 58.8 Å². The summed E-state index contributed by atoms with van der Waals surface area (Å²) in [5.74, 6) is 0.147. The normalized spacial score (nSPS) is 11.4. The molecule has 33 heavy (non-hydrogen) atoms. The molecule has 0 spiro atoms. The molecular weight excluding hydrogens is 504 g/mol. The molecular formula is C23H27ClF3N5Zn. The number of halogens is 4. The van der Waals surface area contributed by atoms with E-state index in [2.05, 4.69) is 29.0 Å². The molecule has 5 nitrogen and oxygen atoms in total. The van der Waals surface area contributed by atoms with E-state index < -0.39 is 11.9 Å². The molecule has 2 aromatic carbocycles. The molecule has 0 aliphatic rings. The Labute approximate surface area is 206 Å². The molecule has 0 aliphatic heterocycles. The van der Waals surface area contributed by atoms with Crippen molar-refractivity contribution >= 4 is 26.9 Å². The quantitative estimate of drug-likeness (QED) is 0.196. The van der Waals surface area contributed by atoms with E-state index >= 15 is 0 Å². The van der Waals surface area contributed by atoms with E-state index in [9.17, 15) is 13.2 Å². The topological polar surface area (TPSA) is 36.8 Å². The third-order valence-corrected chi connectivity index (χ3v) is 5.43. The number of hydrogen-bond donors (Lipinski definition) is 0. The molecule has 0 unspecified atom stereocenters. The second-order valence-corrected chi connectivity index (χ2v) is 7.30. The maximum atomic E-state index is 13.9. The van der Waals surface area contributed by atoms with Crippen LogP contribution in [-0.4, -0.2) is 17.8 Å². The SMILES string of the molecule is CCN(CC)c1ccc(N=Nc2c(-c3ccccc3)c(C(F)(F)F)n(C)[n+]2C)c(C)c1.[Cl][Zn-]. The number of alkyl halides is 3. The summed E-state index contributed by atoms with van der Waals surface area (Å²) in [6.45, 7) is 7.87. The third kappa shape index (κ3) is 6.01. The molecule has 0 atom stereocenters. The summed E-state index contributed by atoms with van der Waals surface area (Å²) >= 11 is 0.847. The van der Waals surface area contributed by atoms with Gasteiger partial charge in [-0.2, -0.15) is 17.9 Å². The van der Waals surface area contributed by atoms with Crippen LogP contribution in [0.25, 0.3) is 11.1 Å². The number of hydrogen-bond acceptors (Lipinski definition) is 3. The Morgan fingerprint density at radius 1 is 1.03 bits per heavy atom. The van der Waals surface area contributed by atoms with Crippen molar-refractivity contribution in [2.45, 2.75) is 26.9 Å². The van der Waals surface area contributed by atoms with Gasteiger partial charge in [0.1, 0.15) is 18.3 Å². The number of benzene rings is 2. The Kier molecular flexibility index (Phi) is 9.61. The molecule has 0 saturated carbocycles. The summed E-state index contributed by atoms with van der Waals surface area (Å²) < 4.78 is 44.1. The van der Waals surface area contributed by atoms with Crippen molar-refractivity contribution in [1.29, 1.82) is 0 Å². The van der Waals surface area contributed by atoms with Gasteiger partial charge in [0, 0.05) is 25.8 Å². The monoisotopic (exact) mass is 529 g/mol. The molecule has 1 aromatic heterocycles. The van der Waals surface area contributed by atoms with E-state index in [1.54, 1.807) is 37.4 Å². The molecule has 174 valence electrons. The van der Waals surface area contributed by atoms with E-state index in [4.69, 9.17) is 9.69 Å². The van der Waals surface area contributed by atoms with Gasteiger partial charge in [0.25, 0.3) is 0 Å². The molecule has 0 aliphatic carbocycles. The van der Waals surface area contributed by atoms with Crippen molar-refractivity contribution in [3.63, 3.8) is 0 Å². The summed E-state index contributed by atoms with van der Waals surface area (Å²) in [4.78, 5) is 2.22. The van der Waals surface area contributed by atoms with Crippen molar-refractivity contribution in [1.82, 2.24) is 4.68 Å². The number of azo groups is 1. The standard InChI is InChI=1S/C23H27F3N5.ClH.Zn/c1-6-31(7-2)18-13-14-19(16(3)15-18)27-28-22-20(17-11-9-8-10-12-17)21(23(24,25)26)29(4)30(22)5;;/h8-15H,6-7H2,1-5H3;1H;/q+1;;/p-1. The van der Waals surface area contributed by atoms with E-state index in [1.165, 1.54) is 11.7 Å². The molecule has 10 heteroatoms. The van der Waals surface area contributed by atoms with Crippen LogP contribution >= 0.6 is 9.69 Å². The molecule has 3 aromatic rings. The van der Waals surface area contributed by atoms with E-state index in [-0.39, 0.29) is 11.4 Å². The van der Waals surface area contributed by atoms with E-state index in [0.29, 0.717) is 11.3 Å². The average molecular weight is 531 g/mol. The zero-order valence-electron chi connectivity index (χ0n) is 19.5. The van der Waals surface area contributed by atoms with Gasteiger partial charge in [-0.05, 0) is 55.2 Å². The van der Waals surface area contributed by atoms with E-state index in [1.807, 2.05) is 25.1 Å². The summed E-state index contributed by atoms with van der Waals surface area (Å²) in [7, 11) is 7.69. The first-order valence-electron chi connectivity index (χ1n) is 10.4. The molecule has 0 amide bonds. The molecule has 1 heterocycles. The zero-order valence-corrected chi connectivity index (χ0v) is 23.2. The number of anilines is 1. The Bertz CT molecular complexity index is 1090. The second kappa shape index (κ2) is 11.8. The zero-order chi connectivity index (χ0) is 24.8. The van der Waals surface area contributed by atoms with Crippen LogP contribution in [0.5, 0.6) is 0 Å². The number of aryl methyl sites for hydroxylation is 1. The van der Waals surface area contributed by atoms with Gasteiger partial charge in [-0.25, -0.2) is 4.68 Å². The Morgan fingerprint density at radius 2 is 1.64 bits per heavy atom. The maximum absolute atomic E-state index is 13.9. The first-order valence-corrected chi connectivity index (χ1v) is 14.3. The van der Waals surface area contributed by atoms with Crippen LogP contribution in [0.4, 0.5) is 30.4 Å². The fourth-order valence-corrected chi connectivity index (χ4v) is 3.67. The molecule has 0 fully saturated rings.